The van der Waals surface area contributed by atoms with Crippen molar-refractivity contribution < 1.29 is 9.47 Å². The van der Waals surface area contributed by atoms with Gasteiger partial charge in [0.1, 0.15) is 23.0 Å². The van der Waals surface area contributed by atoms with Gasteiger partial charge in [0.25, 0.3) is 0 Å². The number of rotatable bonds is 7. The molecule has 0 unspecified atom stereocenters. The zero-order valence-corrected chi connectivity index (χ0v) is 43.7. The molecule has 0 aliphatic carbocycles. The third kappa shape index (κ3) is 6.60. The van der Waals surface area contributed by atoms with E-state index in [-0.39, 0.29) is 0 Å². The Balaban J connectivity index is 1.07. The van der Waals surface area contributed by atoms with E-state index in [2.05, 4.69) is 303 Å². The van der Waals surface area contributed by atoms with Crippen LogP contribution in [0.5, 0.6) is 23.0 Å². The lowest BCUT2D eigenvalue weighted by molar-refractivity contribution is 0.435. The summed E-state index contributed by atoms with van der Waals surface area (Å²) < 4.78 is 14.3. The Morgan fingerprint density at radius 1 is 0.212 bits per heavy atom. The molecule has 16 rings (SSSR count). The zero-order chi connectivity index (χ0) is 52.8. The molecule has 0 saturated heterocycles. The highest BCUT2D eigenvalue weighted by Crippen LogP contribution is 2.61. The van der Waals surface area contributed by atoms with Crippen LogP contribution in [0.1, 0.15) is 44.5 Å². The van der Waals surface area contributed by atoms with Crippen LogP contribution in [0.15, 0.2) is 303 Å². The Morgan fingerprint density at radius 2 is 0.562 bits per heavy atom. The number of hydrogen-bond acceptors (Lipinski definition) is 2. The molecule has 0 N–H and O–H groups in total. The van der Waals surface area contributed by atoms with Crippen molar-refractivity contribution in [2.45, 2.75) is 10.8 Å². The second-order valence-corrected chi connectivity index (χ2v) is 21.3. The summed E-state index contributed by atoms with van der Waals surface area (Å²) >= 11 is 0. The van der Waals surface area contributed by atoms with Crippen LogP contribution in [0.2, 0.25) is 0 Å². The van der Waals surface area contributed by atoms with Gasteiger partial charge in [-0.05, 0) is 135 Å². The fourth-order valence-electron chi connectivity index (χ4n) is 14.2. The standard InChI is InChI=1S/C78H50O2/c1-5-26-52(27-6-1)77(53-28-7-2-8-29-53)68-43-17-19-45-70(68)79-72-47-23-41-63(75(72)77)59-37-21-39-61-65(59)50-66-60(38-22-40-62(66)74(61)67-49-51-25-13-14-34-56(51)57-35-15-16-36-58(57)67)64-42-24-48-73-76(64)78(54-30-9-3-10-31-54,55-32-11-4-12-33-55)69-44-18-20-46-71(69)80-73/h1-50H. The average Bonchev–Trinajstić information content (AvgIpc) is 3.57. The smallest absolute Gasteiger partial charge is 0.132 e. The summed E-state index contributed by atoms with van der Waals surface area (Å²) in [4.78, 5) is 0. The Kier molecular flexibility index (Phi) is 10.4. The number of ether oxygens (including phenoxy) is 2. The van der Waals surface area contributed by atoms with E-state index in [1.807, 2.05) is 0 Å². The van der Waals surface area contributed by atoms with Gasteiger partial charge in [-0.25, -0.2) is 0 Å². The van der Waals surface area contributed by atoms with E-state index in [4.69, 9.17) is 9.47 Å². The fraction of sp³-hybridized carbons (Fsp3) is 0.0256. The quantitative estimate of drug-likeness (QED) is 0.117. The highest BCUT2D eigenvalue weighted by molar-refractivity contribution is 6.24. The minimum absolute atomic E-state index is 0.748. The summed E-state index contributed by atoms with van der Waals surface area (Å²) in [5.74, 6) is 3.37. The number of fused-ring (bicyclic) bond motifs is 9. The van der Waals surface area contributed by atoms with Crippen LogP contribution in [-0.2, 0) is 10.8 Å². The predicted molar refractivity (Wildman–Crippen MR) is 330 cm³/mol. The van der Waals surface area contributed by atoms with E-state index >= 15 is 0 Å². The van der Waals surface area contributed by atoms with Gasteiger partial charge in [-0.1, -0.05) is 267 Å². The molecule has 0 spiro atoms. The molecule has 0 amide bonds. The van der Waals surface area contributed by atoms with Crippen molar-refractivity contribution >= 4 is 43.1 Å². The molecular weight excluding hydrogens is 969 g/mol. The second-order valence-electron chi connectivity index (χ2n) is 21.3. The first-order valence-corrected chi connectivity index (χ1v) is 27.6. The van der Waals surface area contributed by atoms with Crippen LogP contribution in [0.25, 0.3) is 76.5 Å². The van der Waals surface area contributed by atoms with Crippen molar-refractivity contribution in [3.05, 3.63) is 348 Å². The van der Waals surface area contributed by atoms with Gasteiger partial charge < -0.3 is 9.47 Å². The second kappa shape index (κ2) is 18.2. The molecule has 0 fully saturated rings. The van der Waals surface area contributed by atoms with Gasteiger partial charge in [-0.3, -0.25) is 0 Å². The van der Waals surface area contributed by atoms with E-state index in [0.717, 1.165) is 78.3 Å². The van der Waals surface area contributed by atoms with Gasteiger partial charge in [0.05, 0.1) is 10.8 Å². The van der Waals surface area contributed by atoms with E-state index in [0.29, 0.717) is 0 Å². The molecule has 2 aliphatic rings. The highest BCUT2D eigenvalue weighted by Gasteiger charge is 2.48. The minimum atomic E-state index is -0.748. The van der Waals surface area contributed by atoms with Crippen molar-refractivity contribution in [2.75, 3.05) is 0 Å². The monoisotopic (exact) mass is 1020 g/mol. The Morgan fingerprint density at radius 3 is 1.04 bits per heavy atom. The summed E-state index contributed by atoms with van der Waals surface area (Å²) in [5, 5.41) is 9.50. The van der Waals surface area contributed by atoms with Crippen LogP contribution in [0.4, 0.5) is 0 Å². The Bertz CT molecular complexity index is 4430. The van der Waals surface area contributed by atoms with E-state index in [1.54, 1.807) is 0 Å². The minimum Gasteiger partial charge on any atom is -0.457 e. The first kappa shape index (κ1) is 45.9. The van der Waals surface area contributed by atoms with E-state index in [9.17, 15) is 0 Å². The third-order valence-electron chi connectivity index (χ3n) is 17.3. The molecule has 0 saturated carbocycles. The molecule has 0 atom stereocenters. The molecule has 2 nitrogen and oxygen atoms in total. The zero-order valence-electron chi connectivity index (χ0n) is 43.7. The van der Waals surface area contributed by atoms with Gasteiger partial charge in [0.2, 0.25) is 0 Å². The Hall–Kier alpha value is -10.3. The molecule has 2 aliphatic heterocycles. The van der Waals surface area contributed by atoms with Crippen molar-refractivity contribution in [1.82, 2.24) is 0 Å². The van der Waals surface area contributed by atoms with Crippen molar-refractivity contribution in [3.63, 3.8) is 0 Å². The van der Waals surface area contributed by atoms with Crippen molar-refractivity contribution in [2.24, 2.45) is 0 Å². The molecule has 80 heavy (non-hydrogen) atoms. The lowest BCUT2D eigenvalue weighted by Crippen LogP contribution is -2.34. The maximum atomic E-state index is 7.14. The molecule has 0 aromatic heterocycles. The van der Waals surface area contributed by atoms with E-state index in [1.165, 1.54) is 65.7 Å². The van der Waals surface area contributed by atoms with Gasteiger partial charge in [-0.2, -0.15) is 0 Å². The maximum Gasteiger partial charge on any atom is 0.132 e. The van der Waals surface area contributed by atoms with Crippen LogP contribution < -0.4 is 9.47 Å². The van der Waals surface area contributed by atoms with Crippen LogP contribution in [0, 0.1) is 0 Å². The maximum absolute atomic E-state index is 7.14. The third-order valence-corrected chi connectivity index (χ3v) is 17.3. The molecule has 14 aromatic rings. The summed E-state index contributed by atoms with van der Waals surface area (Å²) in [6, 6.07) is 111. The topological polar surface area (TPSA) is 18.5 Å². The first-order chi connectivity index (χ1) is 39.7. The van der Waals surface area contributed by atoms with E-state index < -0.39 is 10.8 Å². The first-order valence-electron chi connectivity index (χ1n) is 27.6. The van der Waals surface area contributed by atoms with Crippen molar-refractivity contribution in [3.8, 4) is 56.4 Å². The largest absolute Gasteiger partial charge is 0.457 e. The predicted octanol–water partition coefficient (Wildman–Crippen LogP) is 20.3. The molecule has 14 aromatic carbocycles. The van der Waals surface area contributed by atoms with Crippen LogP contribution >= 0.6 is 0 Å². The summed E-state index contributed by atoms with van der Waals surface area (Å²) in [5.41, 5.74) is 14.5. The van der Waals surface area contributed by atoms with Gasteiger partial charge in [-0.15, -0.1) is 0 Å². The normalized spacial score (nSPS) is 13.7. The SMILES string of the molecule is c1ccc(C2(c3ccccc3)c3ccccc3Oc3cccc(-c4cccc5c(-c6cc7ccccc7c7ccccc67)c6cccc(-c7cccc8c7C(c7ccccc7)(c7ccccc7)c7ccccc7O8)c6cc45)c32)cc1. The Labute approximate surface area is 465 Å². The average molecular weight is 1020 g/mol. The molecule has 0 radical (unpaired) electrons. The fourth-order valence-corrected chi connectivity index (χ4v) is 14.2. The summed E-state index contributed by atoms with van der Waals surface area (Å²) in [6.07, 6.45) is 0. The number of hydrogen-bond donors (Lipinski definition) is 0. The van der Waals surface area contributed by atoms with Crippen molar-refractivity contribution in [1.29, 1.82) is 0 Å². The molecule has 374 valence electrons. The highest BCUT2D eigenvalue weighted by atomic mass is 16.5. The number of para-hydroxylation sites is 2. The number of benzene rings is 14. The summed E-state index contributed by atoms with van der Waals surface area (Å²) in [6.45, 7) is 0. The van der Waals surface area contributed by atoms with Crippen LogP contribution in [0.3, 0.4) is 0 Å². The molecule has 0 bridgehead atoms. The van der Waals surface area contributed by atoms with Gasteiger partial charge >= 0.3 is 0 Å². The summed E-state index contributed by atoms with van der Waals surface area (Å²) in [7, 11) is 0. The molecular formula is C78H50O2. The lowest BCUT2D eigenvalue weighted by atomic mass is 9.62. The molecule has 2 heteroatoms. The van der Waals surface area contributed by atoms with Gasteiger partial charge in [0, 0.05) is 22.3 Å². The lowest BCUT2D eigenvalue weighted by Gasteiger charge is -2.43. The molecule has 2 heterocycles. The van der Waals surface area contributed by atoms with Crippen LogP contribution in [-0.4, -0.2) is 0 Å². The van der Waals surface area contributed by atoms with Gasteiger partial charge in [0.15, 0.2) is 0 Å².